The van der Waals surface area contributed by atoms with Crippen molar-refractivity contribution in [2.75, 3.05) is 4.43 Å². The highest BCUT2D eigenvalue weighted by Gasteiger charge is 1.92. The fourth-order valence-corrected chi connectivity index (χ4v) is 0.684. The van der Waals surface area contributed by atoms with Crippen LogP contribution in [0.3, 0.4) is 0 Å². The van der Waals surface area contributed by atoms with Gasteiger partial charge in [-0.25, -0.2) is 0 Å². The third-order valence-corrected chi connectivity index (χ3v) is 1.01. The van der Waals surface area contributed by atoms with E-state index in [0.29, 0.717) is 12.7 Å². The van der Waals surface area contributed by atoms with E-state index in [1.165, 1.54) is 0 Å². The zero-order valence-corrected chi connectivity index (χ0v) is 5.84. The van der Waals surface area contributed by atoms with E-state index in [9.17, 15) is 9.59 Å². The van der Waals surface area contributed by atoms with Gasteiger partial charge in [0.2, 0.25) is 0 Å². The fraction of sp³-hybridized carbons (Fsp3) is 0.500. The van der Waals surface area contributed by atoms with Crippen molar-refractivity contribution < 1.29 is 9.59 Å². The number of carbonyl (C=O) groups excluding carboxylic acids is 2. The predicted molar refractivity (Wildman–Crippen MR) is 34.6 cm³/mol. The molecule has 0 aromatic carbocycles. The van der Waals surface area contributed by atoms with Gasteiger partial charge in [0.05, 0.1) is 0 Å². The normalized spacial score (nSPS) is 8.14. The summed E-state index contributed by atoms with van der Waals surface area (Å²) in [6.07, 6.45) is 0.739. The van der Waals surface area contributed by atoms with E-state index < -0.39 is 0 Å². The van der Waals surface area contributed by atoms with Gasteiger partial charge in [-0.2, -0.15) is 0 Å². The van der Waals surface area contributed by atoms with E-state index >= 15 is 0 Å². The Morgan fingerprint density at radius 3 is 2.43 bits per heavy atom. The lowest BCUT2D eigenvalue weighted by molar-refractivity contribution is -0.129. The van der Waals surface area contributed by atoms with Crippen molar-refractivity contribution in [3.05, 3.63) is 0 Å². The SMILES string of the molecule is O=CC(=O)CCI. The molecular weight excluding hydrogens is 207 g/mol. The standard InChI is InChI=1S/C4H5IO2/c5-2-1-4(7)3-6/h3H,1-2H2. The summed E-state index contributed by atoms with van der Waals surface area (Å²) in [6.45, 7) is 0. The summed E-state index contributed by atoms with van der Waals surface area (Å²) in [5.74, 6) is -0.311. The molecule has 0 rings (SSSR count). The van der Waals surface area contributed by atoms with E-state index in [1.807, 2.05) is 22.6 Å². The van der Waals surface area contributed by atoms with Crippen LogP contribution < -0.4 is 0 Å². The minimum Gasteiger partial charge on any atom is -0.295 e. The van der Waals surface area contributed by atoms with Crippen molar-refractivity contribution in [3.8, 4) is 0 Å². The van der Waals surface area contributed by atoms with Crippen molar-refractivity contribution in [1.29, 1.82) is 0 Å². The van der Waals surface area contributed by atoms with Crippen LogP contribution in [0.2, 0.25) is 0 Å². The highest BCUT2D eigenvalue weighted by atomic mass is 127. The molecule has 3 heteroatoms. The molecular formula is C4H5IO2. The van der Waals surface area contributed by atoms with Crippen LogP contribution in [0.1, 0.15) is 6.42 Å². The quantitative estimate of drug-likeness (QED) is 0.296. The average molecular weight is 212 g/mol. The van der Waals surface area contributed by atoms with Crippen molar-refractivity contribution >= 4 is 34.7 Å². The van der Waals surface area contributed by atoms with E-state index in [2.05, 4.69) is 0 Å². The minimum atomic E-state index is -0.311. The Morgan fingerprint density at radius 1 is 1.71 bits per heavy atom. The lowest BCUT2D eigenvalue weighted by Crippen LogP contribution is -1.97. The summed E-state index contributed by atoms with van der Waals surface area (Å²) in [5, 5.41) is 0. The molecule has 0 unspecified atom stereocenters. The molecule has 0 fully saturated rings. The molecule has 0 aromatic rings. The summed E-state index contributed by atoms with van der Waals surface area (Å²) < 4.78 is 0.731. The third kappa shape index (κ3) is 3.91. The summed E-state index contributed by atoms with van der Waals surface area (Å²) in [7, 11) is 0. The first kappa shape index (κ1) is 7.07. The van der Waals surface area contributed by atoms with Crippen LogP contribution in [-0.2, 0) is 9.59 Å². The molecule has 2 nitrogen and oxygen atoms in total. The highest BCUT2D eigenvalue weighted by Crippen LogP contribution is 1.86. The molecule has 0 N–H and O–H groups in total. The van der Waals surface area contributed by atoms with Crippen molar-refractivity contribution in [1.82, 2.24) is 0 Å². The maximum atomic E-state index is 10.0. The van der Waals surface area contributed by atoms with Gasteiger partial charge in [-0.1, -0.05) is 22.6 Å². The van der Waals surface area contributed by atoms with Crippen LogP contribution in [0, 0.1) is 0 Å². The lowest BCUT2D eigenvalue weighted by atomic mass is 10.3. The maximum Gasteiger partial charge on any atom is 0.195 e. The molecule has 40 valence electrons. The van der Waals surface area contributed by atoms with Gasteiger partial charge < -0.3 is 0 Å². The van der Waals surface area contributed by atoms with Gasteiger partial charge in [-0.15, -0.1) is 0 Å². The van der Waals surface area contributed by atoms with Crippen LogP contribution in [0.4, 0.5) is 0 Å². The number of carbonyl (C=O) groups is 2. The summed E-state index contributed by atoms with van der Waals surface area (Å²) >= 11 is 2.05. The largest absolute Gasteiger partial charge is 0.295 e. The smallest absolute Gasteiger partial charge is 0.195 e. The van der Waals surface area contributed by atoms with E-state index in [4.69, 9.17) is 0 Å². The van der Waals surface area contributed by atoms with E-state index in [-0.39, 0.29) is 5.78 Å². The van der Waals surface area contributed by atoms with Crippen LogP contribution in [0.5, 0.6) is 0 Å². The van der Waals surface area contributed by atoms with Crippen LogP contribution in [-0.4, -0.2) is 16.5 Å². The number of rotatable bonds is 3. The van der Waals surface area contributed by atoms with Gasteiger partial charge in [-0.3, -0.25) is 9.59 Å². The van der Waals surface area contributed by atoms with Crippen molar-refractivity contribution in [2.45, 2.75) is 6.42 Å². The molecule has 0 saturated heterocycles. The zero-order chi connectivity index (χ0) is 5.70. The van der Waals surface area contributed by atoms with E-state index in [0.717, 1.165) is 4.43 Å². The minimum absolute atomic E-state index is 0.311. The molecule has 0 bridgehead atoms. The first-order chi connectivity index (χ1) is 3.31. The van der Waals surface area contributed by atoms with Gasteiger partial charge in [0.1, 0.15) is 0 Å². The fourth-order valence-electron chi connectivity index (χ4n) is 0.152. The lowest BCUT2D eigenvalue weighted by Gasteiger charge is -1.78. The van der Waals surface area contributed by atoms with Crippen LogP contribution >= 0.6 is 22.6 Å². The Kier molecular flexibility index (Phi) is 4.28. The Hall–Kier alpha value is 0.0700. The topological polar surface area (TPSA) is 34.1 Å². The number of alkyl halides is 1. The molecule has 0 aliphatic carbocycles. The van der Waals surface area contributed by atoms with Gasteiger partial charge in [0.25, 0.3) is 0 Å². The van der Waals surface area contributed by atoms with Crippen molar-refractivity contribution in [3.63, 3.8) is 0 Å². The Bertz CT molecular complexity index is 79.8. The molecule has 0 atom stereocenters. The van der Waals surface area contributed by atoms with E-state index in [1.54, 1.807) is 0 Å². The first-order valence-electron chi connectivity index (χ1n) is 1.85. The first-order valence-corrected chi connectivity index (χ1v) is 3.37. The number of ketones is 1. The zero-order valence-electron chi connectivity index (χ0n) is 3.69. The molecule has 0 spiro atoms. The number of aldehydes is 1. The Balaban J connectivity index is 3.17. The van der Waals surface area contributed by atoms with Gasteiger partial charge >= 0.3 is 0 Å². The summed E-state index contributed by atoms with van der Waals surface area (Å²) in [5.41, 5.74) is 0. The molecule has 0 aromatic heterocycles. The molecule has 0 amide bonds. The second-order valence-corrected chi connectivity index (χ2v) is 2.10. The number of halogens is 1. The van der Waals surface area contributed by atoms with Gasteiger partial charge in [0.15, 0.2) is 12.1 Å². The Morgan fingerprint density at radius 2 is 2.29 bits per heavy atom. The van der Waals surface area contributed by atoms with Crippen molar-refractivity contribution in [2.24, 2.45) is 0 Å². The van der Waals surface area contributed by atoms with Gasteiger partial charge in [-0.05, 0) is 0 Å². The number of Topliss-reactive ketones (excluding diaryl/α,β-unsaturated/α-hetero) is 1. The molecule has 0 aliphatic rings. The van der Waals surface area contributed by atoms with Crippen LogP contribution in [0.15, 0.2) is 0 Å². The van der Waals surface area contributed by atoms with Gasteiger partial charge in [0, 0.05) is 10.8 Å². The average Bonchev–Trinajstić information content (AvgIpc) is 1.68. The molecule has 7 heavy (non-hydrogen) atoms. The predicted octanol–water partition coefficient (Wildman–Crippen LogP) is 0.579. The Labute approximate surface area is 55.4 Å². The highest BCUT2D eigenvalue weighted by molar-refractivity contribution is 14.1. The van der Waals surface area contributed by atoms with Crippen LogP contribution in [0.25, 0.3) is 0 Å². The summed E-state index contributed by atoms with van der Waals surface area (Å²) in [6, 6.07) is 0. The molecule has 0 saturated carbocycles. The number of hydrogen-bond donors (Lipinski definition) is 0. The molecule has 0 heterocycles. The maximum absolute atomic E-state index is 10.0. The second-order valence-electron chi connectivity index (χ2n) is 1.02. The summed E-state index contributed by atoms with van der Waals surface area (Å²) in [4.78, 5) is 19.6. The second kappa shape index (κ2) is 4.23. The molecule has 0 aliphatic heterocycles. The molecule has 0 radical (unpaired) electrons. The monoisotopic (exact) mass is 212 g/mol. The number of hydrogen-bond acceptors (Lipinski definition) is 2. The third-order valence-electron chi connectivity index (χ3n) is 0.472.